The molecular weight excluding hydrogens is 296 g/mol. The van der Waals surface area contributed by atoms with Crippen molar-refractivity contribution in [3.63, 3.8) is 0 Å². The average Bonchev–Trinajstić information content (AvgIpc) is 2.87. The van der Waals surface area contributed by atoms with E-state index in [2.05, 4.69) is 30.6 Å². The highest BCUT2D eigenvalue weighted by Gasteiger charge is 2.32. The highest BCUT2D eigenvalue weighted by molar-refractivity contribution is 6.01. The minimum Gasteiger partial charge on any atom is -0.330 e. The lowest BCUT2D eigenvalue weighted by Crippen LogP contribution is -2.31. The second-order valence-electron chi connectivity index (χ2n) is 5.06. The van der Waals surface area contributed by atoms with Crippen LogP contribution in [0.4, 0.5) is 0 Å². The number of amides is 2. The highest BCUT2D eigenvalue weighted by Crippen LogP contribution is 2.12. The van der Waals surface area contributed by atoms with Crippen molar-refractivity contribution < 1.29 is 19.2 Å². The van der Waals surface area contributed by atoms with Gasteiger partial charge in [-0.3, -0.25) is 9.59 Å². The topological polar surface area (TPSA) is 66.9 Å². The zero-order valence-corrected chi connectivity index (χ0v) is 15.7. The second-order valence-corrected chi connectivity index (χ2v) is 5.06. The number of imide groups is 1. The van der Waals surface area contributed by atoms with Gasteiger partial charge in [0.25, 0.3) is 11.8 Å². The molecule has 1 aliphatic rings. The third-order valence-corrected chi connectivity index (χ3v) is 2.99. The number of nitrogens with zero attached hydrogens (tertiary/aromatic N) is 2. The molecule has 23 heavy (non-hydrogen) atoms. The van der Waals surface area contributed by atoms with Crippen LogP contribution in [-0.4, -0.2) is 47.9 Å². The molecule has 0 N–H and O–H groups in total. The zero-order chi connectivity index (χ0) is 18.3. The maximum atomic E-state index is 10.9. The smallest absolute Gasteiger partial charge is 0.330 e. The Morgan fingerprint density at radius 2 is 1.57 bits per heavy atom. The third-order valence-electron chi connectivity index (χ3n) is 2.99. The van der Waals surface area contributed by atoms with Gasteiger partial charge in [-0.05, 0) is 33.0 Å². The lowest BCUT2D eigenvalue weighted by atomic mass is 10.3. The van der Waals surface area contributed by atoms with Gasteiger partial charge in [-0.25, -0.2) is 4.79 Å². The molecule has 0 aromatic carbocycles. The van der Waals surface area contributed by atoms with E-state index in [4.69, 9.17) is 0 Å². The third kappa shape index (κ3) is 11.8. The van der Waals surface area contributed by atoms with Gasteiger partial charge in [-0.15, -0.1) is 5.06 Å². The minimum absolute atomic E-state index is 0.135. The molecule has 1 aliphatic heterocycles. The van der Waals surface area contributed by atoms with Gasteiger partial charge in [0.05, 0.1) is 0 Å². The Labute approximate surface area is 141 Å². The van der Waals surface area contributed by atoms with Crippen LogP contribution >= 0.6 is 0 Å². The van der Waals surface area contributed by atoms with Gasteiger partial charge in [0.1, 0.15) is 0 Å². The van der Waals surface area contributed by atoms with E-state index >= 15 is 0 Å². The summed E-state index contributed by atoms with van der Waals surface area (Å²) in [5.41, 5.74) is 0. The maximum Gasteiger partial charge on any atom is 0.332 e. The molecule has 1 fully saturated rings. The van der Waals surface area contributed by atoms with E-state index in [9.17, 15) is 14.4 Å². The molecule has 0 radical (unpaired) electrons. The van der Waals surface area contributed by atoms with Gasteiger partial charge in [0.2, 0.25) is 0 Å². The number of hydrogen-bond acceptors (Lipinski definition) is 5. The molecule has 0 unspecified atom stereocenters. The van der Waals surface area contributed by atoms with E-state index < -0.39 is 17.8 Å². The second kappa shape index (κ2) is 15.5. The normalized spacial score (nSPS) is 13.3. The van der Waals surface area contributed by atoms with Gasteiger partial charge in [-0.1, -0.05) is 41.0 Å². The Morgan fingerprint density at radius 1 is 1.04 bits per heavy atom. The van der Waals surface area contributed by atoms with Crippen molar-refractivity contribution in [3.05, 3.63) is 0 Å². The summed E-state index contributed by atoms with van der Waals surface area (Å²) in [5.74, 6) is -1.46. The summed E-state index contributed by atoms with van der Waals surface area (Å²) in [7, 11) is 2.19. The van der Waals surface area contributed by atoms with E-state index in [1.807, 2.05) is 13.8 Å². The van der Waals surface area contributed by atoms with Crippen molar-refractivity contribution in [3.8, 4) is 0 Å². The van der Waals surface area contributed by atoms with E-state index in [0.29, 0.717) is 5.06 Å². The predicted molar refractivity (Wildman–Crippen MR) is 91.5 cm³/mol. The standard InChI is InChI=1S/C8H19N.C7H9NO4.C2H6/c1-4-6-8-9(3)7-5-2;1-2-7(11)12-8-5(9)3-4-6(8)10;1-2/h4-8H2,1-3H3;2-4H2,1H3;1-2H3. The fourth-order valence-electron chi connectivity index (χ4n) is 1.75. The van der Waals surface area contributed by atoms with Crippen LogP contribution in [0.5, 0.6) is 0 Å². The minimum atomic E-state index is -0.571. The molecule has 0 atom stereocenters. The zero-order valence-electron chi connectivity index (χ0n) is 15.7. The molecule has 0 aromatic heterocycles. The molecule has 1 rings (SSSR count). The van der Waals surface area contributed by atoms with Crippen LogP contribution in [0, 0.1) is 0 Å². The highest BCUT2D eigenvalue weighted by atomic mass is 16.7. The largest absolute Gasteiger partial charge is 0.332 e. The SMILES string of the molecule is CC.CCC(=O)ON1C(=O)CCC1=O.CCCCN(C)CCC. The molecule has 0 spiro atoms. The number of carbonyl (C=O) groups is 3. The molecule has 6 heteroatoms. The summed E-state index contributed by atoms with van der Waals surface area (Å²) in [6, 6.07) is 0. The monoisotopic (exact) mass is 330 g/mol. The van der Waals surface area contributed by atoms with Crippen LogP contribution < -0.4 is 0 Å². The van der Waals surface area contributed by atoms with Gasteiger partial charge >= 0.3 is 5.97 Å². The van der Waals surface area contributed by atoms with Crippen molar-refractivity contribution >= 4 is 17.8 Å². The van der Waals surface area contributed by atoms with E-state index in [-0.39, 0.29) is 19.3 Å². The molecule has 136 valence electrons. The Hall–Kier alpha value is -1.43. The summed E-state index contributed by atoms with van der Waals surface area (Å²) in [5, 5.41) is 0.547. The van der Waals surface area contributed by atoms with Crippen molar-refractivity contribution in [1.82, 2.24) is 9.96 Å². The van der Waals surface area contributed by atoms with Crippen molar-refractivity contribution in [2.75, 3.05) is 20.1 Å². The molecule has 1 saturated heterocycles. The fourth-order valence-corrected chi connectivity index (χ4v) is 1.75. The summed E-state index contributed by atoms with van der Waals surface area (Å²) in [6.45, 7) is 12.6. The molecular formula is C17H34N2O4. The fraction of sp³-hybridized carbons (Fsp3) is 0.824. The van der Waals surface area contributed by atoms with E-state index in [1.54, 1.807) is 6.92 Å². The van der Waals surface area contributed by atoms with Gasteiger partial charge in [0, 0.05) is 19.3 Å². The van der Waals surface area contributed by atoms with Crippen LogP contribution in [0.3, 0.4) is 0 Å². The van der Waals surface area contributed by atoms with Crippen molar-refractivity contribution in [2.24, 2.45) is 0 Å². The quantitative estimate of drug-likeness (QED) is 0.671. The first kappa shape index (κ1) is 23.8. The average molecular weight is 330 g/mol. The number of hydrogen-bond donors (Lipinski definition) is 0. The van der Waals surface area contributed by atoms with E-state index in [1.165, 1.54) is 32.4 Å². The number of carbonyl (C=O) groups excluding carboxylic acids is 3. The van der Waals surface area contributed by atoms with Gasteiger partial charge in [-0.2, -0.15) is 0 Å². The predicted octanol–water partition coefficient (Wildman–Crippen LogP) is 3.16. The lowest BCUT2D eigenvalue weighted by Gasteiger charge is -2.13. The molecule has 0 saturated carbocycles. The number of unbranched alkanes of at least 4 members (excludes halogenated alkanes) is 1. The summed E-state index contributed by atoms with van der Waals surface area (Å²) < 4.78 is 0. The van der Waals surface area contributed by atoms with Crippen molar-refractivity contribution in [2.45, 2.75) is 73.1 Å². The number of hydroxylamine groups is 2. The van der Waals surface area contributed by atoms with E-state index in [0.717, 1.165) is 0 Å². The van der Waals surface area contributed by atoms with Gasteiger partial charge < -0.3 is 9.74 Å². The molecule has 6 nitrogen and oxygen atoms in total. The van der Waals surface area contributed by atoms with Crippen LogP contribution in [-0.2, 0) is 19.2 Å². The molecule has 0 bridgehead atoms. The first-order valence-electron chi connectivity index (χ1n) is 8.71. The first-order valence-corrected chi connectivity index (χ1v) is 8.71. The molecule has 0 aliphatic carbocycles. The van der Waals surface area contributed by atoms with Gasteiger partial charge in [0.15, 0.2) is 0 Å². The van der Waals surface area contributed by atoms with Crippen LogP contribution in [0.25, 0.3) is 0 Å². The maximum absolute atomic E-state index is 10.9. The summed E-state index contributed by atoms with van der Waals surface area (Å²) in [6.07, 6.45) is 4.35. The van der Waals surface area contributed by atoms with Crippen LogP contribution in [0.15, 0.2) is 0 Å². The molecule has 2 amide bonds. The number of rotatable bonds is 7. The summed E-state index contributed by atoms with van der Waals surface area (Å²) in [4.78, 5) is 39.3. The molecule has 1 heterocycles. The van der Waals surface area contributed by atoms with Crippen LogP contribution in [0.1, 0.15) is 73.1 Å². The Bertz CT molecular complexity index is 329. The van der Waals surface area contributed by atoms with Crippen LogP contribution in [0.2, 0.25) is 0 Å². The Balaban J connectivity index is 0. The molecule has 0 aromatic rings. The first-order chi connectivity index (χ1) is 11.0. The Morgan fingerprint density at radius 3 is 1.96 bits per heavy atom. The Kier molecular flexibility index (Phi) is 16.0. The van der Waals surface area contributed by atoms with Crippen molar-refractivity contribution in [1.29, 1.82) is 0 Å². The lowest BCUT2D eigenvalue weighted by molar-refractivity contribution is -0.197. The summed E-state index contributed by atoms with van der Waals surface area (Å²) >= 11 is 0.